The van der Waals surface area contributed by atoms with Crippen molar-refractivity contribution in [1.29, 1.82) is 0 Å². The second kappa shape index (κ2) is 3.37. The fourth-order valence-corrected chi connectivity index (χ4v) is 1.71. The molecule has 1 aliphatic rings. The SMILES string of the molecule is CNCC1(CCC(C)(C)C)CC1. The first-order chi connectivity index (χ1) is 5.47. The van der Waals surface area contributed by atoms with E-state index in [2.05, 4.69) is 33.1 Å². The number of nitrogens with one attached hydrogen (secondary N) is 1. The Morgan fingerprint density at radius 2 is 1.83 bits per heavy atom. The molecule has 0 aliphatic heterocycles. The van der Waals surface area contributed by atoms with Crippen molar-refractivity contribution in [3.8, 4) is 0 Å². The highest BCUT2D eigenvalue weighted by molar-refractivity contribution is 4.94. The number of rotatable bonds is 4. The molecule has 1 saturated carbocycles. The van der Waals surface area contributed by atoms with Gasteiger partial charge in [-0.25, -0.2) is 0 Å². The molecule has 0 bridgehead atoms. The lowest BCUT2D eigenvalue weighted by molar-refractivity contribution is 0.307. The molecule has 1 N–H and O–H groups in total. The van der Waals surface area contributed by atoms with Gasteiger partial charge in [0.25, 0.3) is 0 Å². The summed E-state index contributed by atoms with van der Waals surface area (Å²) in [6, 6.07) is 0. The molecule has 1 aliphatic carbocycles. The summed E-state index contributed by atoms with van der Waals surface area (Å²) in [6.45, 7) is 8.23. The molecule has 0 aromatic carbocycles. The average Bonchev–Trinajstić information content (AvgIpc) is 2.65. The third-order valence-electron chi connectivity index (χ3n) is 2.91. The minimum absolute atomic E-state index is 0.517. The van der Waals surface area contributed by atoms with Gasteiger partial charge in [-0.1, -0.05) is 20.8 Å². The summed E-state index contributed by atoms with van der Waals surface area (Å²) in [5.74, 6) is 0. The molecular formula is C11H23N. The molecule has 0 spiro atoms. The Balaban J connectivity index is 2.22. The van der Waals surface area contributed by atoms with Crippen molar-refractivity contribution in [2.45, 2.75) is 46.5 Å². The maximum Gasteiger partial charge on any atom is 0.000481 e. The van der Waals surface area contributed by atoms with Gasteiger partial charge in [-0.05, 0) is 43.6 Å². The van der Waals surface area contributed by atoms with E-state index in [1.165, 1.54) is 32.2 Å². The van der Waals surface area contributed by atoms with Crippen LogP contribution >= 0.6 is 0 Å². The van der Waals surface area contributed by atoms with E-state index in [0.29, 0.717) is 10.8 Å². The molecule has 0 saturated heterocycles. The summed E-state index contributed by atoms with van der Waals surface area (Å²) >= 11 is 0. The first-order valence-electron chi connectivity index (χ1n) is 5.12. The maximum absolute atomic E-state index is 3.31. The van der Waals surface area contributed by atoms with Gasteiger partial charge in [0.15, 0.2) is 0 Å². The van der Waals surface area contributed by atoms with E-state index in [-0.39, 0.29) is 0 Å². The zero-order valence-electron chi connectivity index (χ0n) is 9.04. The van der Waals surface area contributed by atoms with Crippen LogP contribution in [0.25, 0.3) is 0 Å². The highest BCUT2D eigenvalue weighted by Crippen LogP contribution is 2.50. The van der Waals surface area contributed by atoms with Gasteiger partial charge in [-0.15, -0.1) is 0 Å². The topological polar surface area (TPSA) is 12.0 Å². The van der Waals surface area contributed by atoms with Crippen LogP contribution in [0.1, 0.15) is 46.5 Å². The molecule has 0 radical (unpaired) electrons. The zero-order valence-corrected chi connectivity index (χ0v) is 9.04. The highest BCUT2D eigenvalue weighted by atomic mass is 14.8. The number of hydrogen-bond donors (Lipinski definition) is 1. The summed E-state index contributed by atoms with van der Waals surface area (Å²) in [5.41, 5.74) is 1.21. The van der Waals surface area contributed by atoms with Crippen LogP contribution in [-0.4, -0.2) is 13.6 Å². The van der Waals surface area contributed by atoms with E-state index in [9.17, 15) is 0 Å². The van der Waals surface area contributed by atoms with Crippen LogP contribution in [0.5, 0.6) is 0 Å². The van der Waals surface area contributed by atoms with Gasteiger partial charge in [0.2, 0.25) is 0 Å². The highest BCUT2D eigenvalue weighted by Gasteiger charge is 2.41. The van der Waals surface area contributed by atoms with Gasteiger partial charge in [0, 0.05) is 6.54 Å². The van der Waals surface area contributed by atoms with Crippen molar-refractivity contribution in [1.82, 2.24) is 5.32 Å². The van der Waals surface area contributed by atoms with Crippen molar-refractivity contribution >= 4 is 0 Å². The van der Waals surface area contributed by atoms with Crippen LogP contribution in [0.4, 0.5) is 0 Å². The van der Waals surface area contributed by atoms with Crippen LogP contribution in [0.2, 0.25) is 0 Å². The summed E-state index contributed by atoms with van der Waals surface area (Å²) in [5, 5.41) is 3.31. The van der Waals surface area contributed by atoms with E-state index in [4.69, 9.17) is 0 Å². The Hall–Kier alpha value is -0.0400. The first-order valence-corrected chi connectivity index (χ1v) is 5.12. The zero-order chi connectivity index (χ0) is 9.24. The standard InChI is InChI=1S/C11H23N/c1-10(2,3)5-6-11(7-8-11)9-12-4/h12H,5-9H2,1-4H3. The molecule has 1 rings (SSSR count). The molecule has 0 aromatic rings. The fourth-order valence-electron chi connectivity index (χ4n) is 1.71. The van der Waals surface area contributed by atoms with Gasteiger partial charge in [-0.3, -0.25) is 0 Å². The summed E-state index contributed by atoms with van der Waals surface area (Å²) in [4.78, 5) is 0. The van der Waals surface area contributed by atoms with Gasteiger partial charge < -0.3 is 5.32 Å². The Kier molecular flexibility index (Phi) is 2.82. The monoisotopic (exact) mass is 169 g/mol. The lowest BCUT2D eigenvalue weighted by atomic mass is 9.85. The predicted molar refractivity (Wildman–Crippen MR) is 54.3 cm³/mol. The van der Waals surface area contributed by atoms with Gasteiger partial charge >= 0.3 is 0 Å². The Bertz CT molecular complexity index is 140. The molecule has 12 heavy (non-hydrogen) atoms. The second-order valence-electron chi connectivity index (χ2n) is 5.59. The van der Waals surface area contributed by atoms with E-state index in [1.807, 2.05) is 0 Å². The van der Waals surface area contributed by atoms with Crippen LogP contribution in [0.3, 0.4) is 0 Å². The van der Waals surface area contributed by atoms with Crippen LogP contribution < -0.4 is 5.32 Å². The minimum atomic E-state index is 0.517. The van der Waals surface area contributed by atoms with Crippen LogP contribution in [0, 0.1) is 10.8 Å². The predicted octanol–water partition coefficient (Wildman–Crippen LogP) is 2.81. The third-order valence-corrected chi connectivity index (χ3v) is 2.91. The Labute approximate surface area is 76.9 Å². The summed E-state index contributed by atoms with van der Waals surface area (Å²) in [7, 11) is 2.07. The summed E-state index contributed by atoms with van der Waals surface area (Å²) in [6.07, 6.45) is 5.68. The molecule has 0 aromatic heterocycles. The van der Waals surface area contributed by atoms with Crippen molar-refractivity contribution in [3.05, 3.63) is 0 Å². The minimum Gasteiger partial charge on any atom is -0.319 e. The molecule has 0 atom stereocenters. The van der Waals surface area contributed by atoms with Crippen LogP contribution in [-0.2, 0) is 0 Å². The molecular weight excluding hydrogens is 146 g/mol. The van der Waals surface area contributed by atoms with Crippen LogP contribution in [0.15, 0.2) is 0 Å². The summed E-state index contributed by atoms with van der Waals surface area (Å²) < 4.78 is 0. The molecule has 1 nitrogen and oxygen atoms in total. The van der Waals surface area contributed by atoms with E-state index < -0.39 is 0 Å². The Morgan fingerprint density at radius 3 is 2.17 bits per heavy atom. The number of hydrogen-bond acceptors (Lipinski definition) is 1. The quantitative estimate of drug-likeness (QED) is 0.682. The maximum atomic E-state index is 3.31. The normalized spacial score (nSPS) is 21.0. The Morgan fingerprint density at radius 1 is 1.25 bits per heavy atom. The van der Waals surface area contributed by atoms with E-state index >= 15 is 0 Å². The van der Waals surface area contributed by atoms with Gasteiger partial charge in [0.05, 0.1) is 0 Å². The van der Waals surface area contributed by atoms with Crippen molar-refractivity contribution < 1.29 is 0 Å². The average molecular weight is 169 g/mol. The van der Waals surface area contributed by atoms with Crippen molar-refractivity contribution in [2.24, 2.45) is 10.8 Å². The molecule has 0 unspecified atom stereocenters. The van der Waals surface area contributed by atoms with E-state index in [1.54, 1.807) is 0 Å². The first kappa shape index (κ1) is 10.0. The third kappa shape index (κ3) is 3.14. The molecule has 1 heteroatoms. The molecule has 0 amide bonds. The molecule has 0 heterocycles. The largest absolute Gasteiger partial charge is 0.319 e. The van der Waals surface area contributed by atoms with Gasteiger partial charge in [-0.2, -0.15) is 0 Å². The smallest absolute Gasteiger partial charge is 0.000481 e. The van der Waals surface area contributed by atoms with Crippen molar-refractivity contribution in [3.63, 3.8) is 0 Å². The fraction of sp³-hybridized carbons (Fsp3) is 1.00. The van der Waals surface area contributed by atoms with Crippen molar-refractivity contribution in [2.75, 3.05) is 13.6 Å². The lowest BCUT2D eigenvalue weighted by Gasteiger charge is -2.22. The second-order valence-corrected chi connectivity index (χ2v) is 5.59. The lowest BCUT2D eigenvalue weighted by Crippen LogP contribution is -2.21. The molecule has 72 valence electrons. The molecule has 1 fully saturated rings. The van der Waals surface area contributed by atoms with Gasteiger partial charge in [0.1, 0.15) is 0 Å². The van der Waals surface area contributed by atoms with E-state index in [0.717, 1.165) is 0 Å².